The van der Waals surface area contributed by atoms with Gasteiger partial charge in [0.05, 0.1) is 13.2 Å². The molecular formula is C22H36N2O5. The van der Waals surface area contributed by atoms with Crippen LogP contribution < -0.4 is 10.1 Å². The van der Waals surface area contributed by atoms with Gasteiger partial charge in [0, 0.05) is 39.0 Å². The third-order valence-corrected chi connectivity index (χ3v) is 5.06. The van der Waals surface area contributed by atoms with Crippen LogP contribution in [0.1, 0.15) is 32.3 Å². The fraction of sp³-hybridized carbons (Fsp3) is 0.682. The van der Waals surface area contributed by atoms with Gasteiger partial charge in [0.2, 0.25) is 5.91 Å². The molecule has 7 heteroatoms. The molecule has 29 heavy (non-hydrogen) atoms. The number of hydrogen-bond donors (Lipinski definition) is 1. The lowest BCUT2D eigenvalue weighted by Crippen LogP contribution is -2.38. The highest BCUT2D eigenvalue weighted by atomic mass is 16.5. The van der Waals surface area contributed by atoms with Crippen LogP contribution in [0.2, 0.25) is 0 Å². The van der Waals surface area contributed by atoms with Crippen molar-refractivity contribution in [3.8, 4) is 5.75 Å². The van der Waals surface area contributed by atoms with E-state index in [4.69, 9.17) is 18.9 Å². The molecule has 0 aromatic heterocycles. The summed E-state index contributed by atoms with van der Waals surface area (Å²) in [6, 6.07) is 8.41. The zero-order valence-corrected chi connectivity index (χ0v) is 18.0. The molecule has 0 saturated carbocycles. The maximum Gasteiger partial charge on any atom is 0.249 e. The van der Waals surface area contributed by atoms with Crippen LogP contribution in [-0.2, 0) is 25.5 Å². The summed E-state index contributed by atoms with van der Waals surface area (Å²) in [6.07, 6.45) is 1.66. The molecule has 1 unspecified atom stereocenters. The Bertz CT molecular complexity index is 592. The minimum Gasteiger partial charge on any atom is -0.492 e. The Hall–Kier alpha value is -1.67. The highest BCUT2D eigenvalue weighted by molar-refractivity contribution is 5.80. The Labute approximate surface area is 174 Å². The molecule has 0 spiro atoms. The molecule has 0 bridgehead atoms. The zero-order chi connectivity index (χ0) is 20.9. The number of amides is 1. The fourth-order valence-corrected chi connectivity index (χ4v) is 3.20. The summed E-state index contributed by atoms with van der Waals surface area (Å²) in [5.74, 6) is 0.684. The van der Waals surface area contributed by atoms with Crippen molar-refractivity contribution in [2.75, 3.05) is 53.2 Å². The van der Waals surface area contributed by atoms with Crippen molar-refractivity contribution in [3.05, 3.63) is 29.8 Å². The Kier molecular flexibility index (Phi) is 11.0. The maximum atomic E-state index is 12.1. The Morgan fingerprint density at radius 3 is 2.83 bits per heavy atom. The van der Waals surface area contributed by atoms with Crippen molar-refractivity contribution in [3.63, 3.8) is 0 Å². The molecule has 164 valence electrons. The van der Waals surface area contributed by atoms with Crippen LogP contribution in [0.3, 0.4) is 0 Å². The molecule has 2 rings (SSSR count). The van der Waals surface area contributed by atoms with Gasteiger partial charge < -0.3 is 24.3 Å². The van der Waals surface area contributed by atoms with Crippen molar-refractivity contribution >= 4 is 5.91 Å². The van der Waals surface area contributed by atoms with Crippen molar-refractivity contribution in [1.29, 1.82) is 0 Å². The quantitative estimate of drug-likeness (QED) is 0.505. The largest absolute Gasteiger partial charge is 0.492 e. The number of nitrogens with zero attached hydrogens (tertiary/aromatic N) is 1. The van der Waals surface area contributed by atoms with Crippen molar-refractivity contribution < 1.29 is 23.7 Å². The standard InChI is InChI=1S/C22H36N2O5/c1-4-26-14-15-28-18(2)22(25)23-17-19-6-5-7-21(16-19)29-13-10-24(3)20-8-11-27-12-9-20/h5-7,16,18,20H,4,8-15,17H2,1-3H3,(H,23,25). The van der Waals surface area contributed by atoms with Crippen LogP contribution in [0, 0.1) is 0 Å². The number of ether oxygens (including phenoxy) is 4. The van der Waals surface area contributed by atoms with Crippen LogP contribution >= 0.6 is 0 Å². The summed E-state index contributed by atoms with van der Waals surface area (Å²) in [5, 5.41) is 2.90. The third kappa shape index (κ3) is 9.12. The van der Waals surface area contributed by atoms with Gasteiger partial charge in [-0.05, 0) is 51.4 Å². The van der Waals surface area contributed by atoms with Gasteiger partial charge in [-0.2, -0.15) is 0 Å². The minimum atomic E-state index is -0.504. The van der Waals surface area contributed by atoms with E-state index in [1.165, 1.54) is 0 Å². The molecule has 0 radical (unpaired) electrons. The lowest BCUT2D eigenvalue weighted by molar-refractivity contribution is -0.132. The summed E-state index contributed by atoms with van der Waals surface area (Å²) in [4.78, 5) is 14.5. The van der Waals surface area contributed by atoms with E-state index in [2.05, 4.69) is 17.3 Å². The van der Waals surface area contributed by atoms with Crippen LogP contribution in [0.5, 0.6) is 5.75 Å². The number of benzene rings is 1. The Morgan fingerprint density at radius 1 is 1.28 bits per heavy atom. The molecular weight excluding hydrogens is 372 g/mol. The summed E-state index contributed by atoms with van der Waals surface area (Å²) in [6.45, 7) is 8.88. The van der Waals surface area contributed by atoms with Gasteiger partial charge in [0.15, 0.2) is 0 Å². The fourth-order valence-electron chi connectivity index (χ4n) is 3.20. The van der Waals surface area contributed by atoms with E-state index in [1.54, 1.807) is 6.92 Å². The number of rotatable bonds is 13. The molecule has 1 fully saturated rings. The normalized spacial score (nSPS) is 16.0. The zero-order valence-electron chi connectivity index (χ0n) is 18.0. The second-order valence-corrected chi connectivity index (χ2v) is 7.25. The van der Waals surface area contributed by atoms with E-state index in [-0.39, 0.29) is 5.91 Å². The molecule has 1 saturated heterocycles. The number of likely N-dealkylation sites (N-methyl/N-ethyl adjacent to an activating group) is 1. The highest BCUT2D eigenvalue weighted by Crippen LogP contribution is 2.15. The summed E-state index contributed by atoms with van der Waals surface area (Å²) >= 11 is 0. The Morgan fingerprint density at radius 2 is 2.07 bits per heavy atom. The van der Waals surface area contributed by atoms with Crippen molar-refractivity contribution in [2.45, 2.75) is 45.4 Å². The molecule has 1 aromatic carbocycles. The molecule has 1 N–H and O–H groups in total. The van der Waals surface area contributed by atoms with E-state index in [1.807, 2.05) is 31.2 Å². The first-order chi connectivity index (χ1) is 14.1. The molecule has 0 aliphatic carbocycles. The molecule has 1 aliphatic heterocycles. The topological polar surface area (TPSA) is 69.3 Å². The van der Waals surface area contributed by atoms with Gasteiger partial charge >= 0.3 is 0 Å². The Balaban J connectivity index is 1.68. The van der Waals surface area contributed by atoms with Crippen LogP contribution in [-0.4, -0.2) is 76.2 Å². The van der Waals surface area contributed by atoms with Gasteiger partial charge in [-0.15, -0.1) is 0 Å². The van der Waals surface area contributed by atoms with E-state index >= 15 is 0 Å². The average molecular weight is 409 g/mol. The SMILES string of the molecule is CCOCCOC(C)C(=O)NCc1cccc(OCCN(C)C2CCOCC2)c1. The van der Waals surface area contributed by atoms with Crippen LogP contribution in [0.4, 0.5) is 0 Å². The maximum absolute atomic E-state index is 12.1. The van der Waals surface area contributed by atoms with E-state index in [0.29, 0.717) is 39.0 Å². The summed E-state index contributed by atoms with van der Waals surface area (Å²) in [7, 11) is 2.14. The predicted molar refractivity (Wildman–Crippen MR) is 112 cm³/mol. The monoisotopic (exact) mass is 408 g/mol. The molecule has 1 heterocycles. The second kappa shape index (κ2) is 13.5. The first-order valence-corrected chi connectivity index (χ1v) is 10.6. The van der Waals surface area contributed by atoms with Gasteiger partial charge in [-0.3, -0.25) is 9.69 Å². The first-order valence-electron chi connectivity index (χ1n) is 10.6. The average Bonchev–Trinajstić information content (AvgIpc) is 2.75. The summed E-state index contributed by atoms with van der Waals surface area (Å²) in [5.41, 5.74) is 0.996. The lowest BCUT2D eigenvalue weighted by Gasteiger charge is -2.31. The van der Waals surface area contributed by atoms with E-state index in [9.17, 15) is 4.79 Å². The van der Waals surface area contributed by atoms with E-state index < -0.39 is 6.10 Å². The smallest absolute Gasteiger partial charge is 0.249 e. The van der Waals surface area contributed by atoms with Crippen LogP contribution in [0.15, 0.2) is 24.3 Å². The molecule has 1 aliphatic rings. The molecule has 1 atom stereocenters. The number of carbonyl (C=O) groups excluding carboxylic acids is 1. The lowest BCUT2D eigenvalue weighted by atomic mass is 10.1. The van der Waals surface area contributed by atoms with Crippen molar-refractivity contribution in [2.24, 2.45) is 0 Å². The minimum absolute atomic E-state index is 0.133. The number of carbonyl (C=O) groups is 1. The summed E-state index contributed by atoms with van der Waals surface area (Å²) < 4.78 is 22.0. The first kappa shape index (κ1) is 23.6. The van der Waals surface area contributed by atoms with Gasteiger partial charge in [0.25, 0.3) is 0 Å². The van der Waals surface area contributed by atoms with Gasteiger partial charge in [-0.25, -0.2) is 0 Å². The van der Waals surface area contributed by atoms with Crippen molar-refractivity contribution in [1.82, 2.24) is 10.2 Å². The number of nitrogens with one attached hydrogen (secondary N) is 1. The molecule has 1 aromatic rings. The van der Waals surface area contributed by atoms with E-state index in [0.717, 1.165) is 43.9 Å². The second-order valence-electron chi connectivity index (χ2n) is 7.25. The number of hydrogen-bond acceptors (Lipinski definition) is 6. The third-order valence-electron chi connectivity index (χ3n) is 5.06. The highest BCUT2D eigenvalue weighted by Gasteiger charge is 2.18. The molecule has 1 amide bonds. The molecule has 7 nitrogen and oxygen atoms in total. The van der Waals surface area contributed by atoms with Gasteiger partial charge in [-0.1, -0.05) is 12.1 Å². The van der Waals surface area contributed by atoms with Crippen LogP contribution in [0.25, 0.3) is 0 Å². The predicted octanol–water partition coefficient (Wildman–Crippen LogP) is 2.23. The van der Waals surface area contributed by atoms with Gasteiger partial charge in [0.1, 0.15) is 18.5 Å².